The minimum Gasteiger partial charge on any atom is -0.192 e. The maximum absolute atomic E-state index is 12.8. The van der Waals surface area contributed by atoms with E-state index in [0.717, 1.165) is 0 Å². The molecule has 0 atom stereocenters. The van der Waals surface area contributed by atoms with E-state index in [1.807, 2.05) is 0 Å². The average Bonchev–Trinajstić information content (AvgIpc) is 2.34. The summed E-state index contributed by atoms with van der Waals surface area (Å²) in [6.45, 7) is 0. The molecule has 0 saturated heterocycles. The van der Waals surface area contributed by atoms with Gasteiger partial charge in [-0.05, 0) is 0 Å². The van der Waals surface area contributed by atoms with Crippen LogP contribution in [0.5, 0.6) is 0 Å². The molecule has 0 heterocycles. The third-order valence-corrected chi connectivity index (χ3v) is 2.63. The molecule has 158 valence electrons. The average molecular weight is 440 g/mol. The highest BCUT2D eigenvalue weighted by molar-refractivity contribution is 5.11. The van der Waals surface area contributed by atoms with Crippen LogP contribution in [0, 0.1) is 0 Å². The molecule has 0 fully saturated rings. The molecule has 0 aromatic rings. The van der Waals surface area contributed by atoms with Crippen LogP contribution < -0.4 is 0 Å². The minimum atomic E-state index is -8.74. The predicted octanol–water partition coefficient (Wildman–Crippen LogP) is 5.79. The second-order valence-electron chi connectivity index (χ2n) is 4.36. The quantitative estimate of drug-likeness (QED) is 0.279. The number of halogens is 18. The van der Waals surface area contributed by atoms with E-state index in [4.69, 9.17) is 0 Å². The lowest BCUT2D eigenvalue weighted by molar-refractivity contribution is -1.32. The van der Waals surface area contributed by atoms with Crippen LogP contribution in [0.2, 0.25) is 0 Å². The highest BCUT2D eigenvalue weighted by Crippen LogP contribution is 2.63. The number of hydrogen-bond acceptors (Lipinski definition) is 0. The van der Waals surface area contributed by atoms with Gasteiger partial charge in [-0.2, -0.15) is 57.1 Å². The third kappa shape index (κ3) is 2.81. The number of alkyl halides is 15. The van der Waals surface area contributed by atoms with Gasteiger partial charge in [0, 0.05) is 0 Å². The van der Waals surface area contributed by atoms with Gasteiger partial charge >= 0.3 is 47.0 Å². The fourth-order valence-electron chi connectivity index (χ4n) is 1.12. The molecular weight excluding hydrogens is 440 g/mol. The topological polar surface area (TPSA) is 0 Å². The van der Waals surface area contributed by atoms with Crippen molar-refractivity contribution >= 4 is 0 Å². The summed E-state index contributed by atoms with van der Waals surface area (Å²) in [6.07, 6.45) is -7.81. The molecule has 0 amide bonds. The van der Waals surface area contributed by atoms with Gasteiger partial charge in [-0.1, -0.05) is 0 Å². The van der Waals surface area contributed by atoms with Crippen molar-refractivity contribution in [1.82, 2.24) is 0 Å². The summed E-state index contributed by atoms with van der Waals surface area (Å²) in [5, 5.41) is -7.09. The summed E-state index contributed by atoms with van der Waals surface area (Å²) in [5.41, 5.74) is 0. The lowest BCUT2D eigenvalue weighted by Gasteiger charge is -2.39. The number of hydrogen-bond donors (Lipinski definition) is 0. The summed E-state index contributed by atoms with van der Waals surface area (Å²) in [7, 11) is 0. The maximum Gasteiger partial charge on any atom is 0.576 e. The first-order valence-electron chi connectivity index (χ1n) is 5.07. The summed E-state index contributed by atoms with van der Waals surface area (Å²) in [5.74, 6) is -42.9. The predicted molar refractivity (Wildman–Crippen MR) is 39.3 cm³/mol. The van der Waals surface area contributed by atoms with Crippen molar-refractivity contribution in [2.24, 2.45) is 0 Å². The van der Waals surface area contributed by atoms with Gasteiger partial charge in [-0.3, -0.25) is 0 Å². The largest absolute Gasteiger partial charge is 0.576 e. The standard InChI is InChI=1S/C7F18N/c8-1(9,2(10,11)4(14,15)6(18,19)20)3(12,13)5(16,17)7(21,22)26(23,24)25/q+1. The molecule has 0 rings (SSSR count). The molecule has 0 aliphatic carbocycles. The number of nitrogens with zero attached hydrogens (tertiary/aromatic N) is 1. The molecule has 0 saturated carbocycles. The fraction of sp³-hybridized carbons (Fsp3) is 1.00. The zero-order valence-corrected chi connectivity index (χ0v) is 10.8. The molecule has 1 nitrogen and oxygen atoms in total. The molecule has 0 aliphatic heterocycles. The van der Waals surface area contributed by atoms with E-state index in [2.05, 4.69) is 0 Å². The molecule has 0 aromatic carbocycles. The smallest absolute Gasteiger partial charge is 0.192 e. The SMILES string of the molecule is FC(F)(F)C(F)(F)C(F)(F)C(F)(F)C(F)(F)C(F)(F)C(F)(F)[N+](F)(F)F. The summed E-state index contributed by atoms with van der Waals surface area (Å²) in [4.78, 5) is 0. The highest BCUT2D eigenvalue weighted by atomic mass is 19.6. The highest BCUT2D eigenvalue weighted by Gasteiger charge is 2.98. The molecule has 19 heteroatoms. The Balaban J connectivity index is 6.61. The van der Waals surface area contributed by atoms with Gasteiger partial charge in [0.1, 0.15) is 0 Å². The van der Waals surface area contributed by atoms with E-state index >= 15 is 0 Å². The van der Waals surface area contributed by atoms with Crippen LogP contribution in [-0.2, 0) is 0 Å². The van der Waals surface area contributed by atoms with Crippen LogP contribution in [0.25, 0.3) is 0 Å². The van der Waals surface area contributed by atoms with Crippen molar-refractivity contribution in [3.63, 3.8) is 0 Å². The summed E-state index contributed by atoms with van der Waals surface area (Å²) < 4.78 is 220. The Bertz CT molecular complexity index is 473. The number of rotatable bonds is 6. The third-order valence-electron chi connectivity index (χ3n) is 2.63. The van der Waals surface area contributed by atoms with Gasteiger partial charge in [-0.25, -0.2) is 0 Å². The van der Waals surface area contributed by atoms with E-state index < -0.39 is 47.0 Å². The first kappa shape index (κ1) is 24.7. The molecular formula is C7F18N+. The van der Waals surface area contributed by atoms with E-state index in [1.54, 1.807) is 0 Å². The lowest BCUT2D eigenvalue weighted by atomic mass is 9.93. The first-order chi connectivity index (χ1) is 10.8. The molecule has 26 heavy (non-hydrogen) atoms. The van der Waals surface area contributed by atoms with Crippen molar-refractivity contribution in [3.8, 4) is 0 Å². The van der Waals surface area contributed by atoms with Crippen LogP contribution in [0.15, 0.2) is 0 Å². The Morgan fingerprint density at radius 2 is 0.577 bits per heavy atom. The molecule has 0 spiro atoms. The number of quaternary nitrogens is 1. The summed E-state index contributed by atoms with van der Waals surface area (Å²) in [6, 6.07) is -8.29. The Kier molecular flexibility index (Phi) is 5.32. The summed E-state index contributed by atoms with van der Waals surface area (Å²) >= 11 is 0. The van der Waals surface area contributed by atoms with Gasteiger partial charge in [-0.15, -0.1) is 8.78 Å². The van der Waals surface area contributed by atoms with Crippen LogP contribution in [0.1, 0.15) is 0 Å². The van der Waals surface area contributed by atoms with Gasteiger partial charge in [0.05, 0.1) is 13.4 Å². The van der Waals surface area contributed by atoms with Crippen molar-refractivity contribution in [1.29, 1.82) is 0 Å². The molecule has 0 aliphatic rings. The molecule has 0 unspecified atom stereocenters. The van der Waals surface area contributed by atoms with Crippen LogP contribution in [0.4, 0.5) is 79.3 Å². The van der Waals surface area contributed by atoms with Crippen molar-refractivity contribution in [2.45, 2.75) is 41.8 Å². The Morgan fingerprint density at radius 3 is 0.808 bits per heavy atom. The van der Waals surface area contributed by atoms with Gasteiger partial charge < -0.3 is 0 Å². The first-order valence-corrected chi connectivity index (χ1v) is 5.07. The van der Waals surface area contributed by atoms with Crippen molar-refractivity contribution in [2.75, 3.05) is 0 Å². The zero-order chi connectivity index (χ0) is 22.0. The van der Waals surface area contributed by atoms with Crippen molar-refractivity contribution in [3.05, 3.63) is 0 Å². The Morgan fingerprint density at radius 1 is 0.346 bits per heavy atom. The molecule has 0 bridgehead atoms. The molecule has 0 N–H and O–H groups in total. The Labute approximate surface area is 128 Å². The second-order valence-corrected chi connectivity index (χ2v) is 4.36. The van der Waals surface area contributed by atoms with Crippen LogP contribution >= 0.6 is 0 Å². The second kappa shape index (κ2) is 5.60. The van der Waals surface area contributed by atoms with Crippen LogP contribution in [0.3, 0.4) is 0 Å². The van der Waals surface area contributed by atoms with Crippen LogP contribution in [-0.4, -0.2) is 47.0 Å². The lowest BCUT2D eigenvalue weighted by Crippen LogP contribution is -2.74. The zero-order valence-electron chi connectivity index (χ0n) is 10.8. The normalized spacial score (nSPS) is 16.8. The van der Waals surface area contributed by atoms with E-state index in [9.17, 15) is 79.3 Å². The fourth-order valence-corrected chi connectivity index (χ4v) is 1.12. The van der Waals surface area contributed by atoms with Crippen molar-refractivity contribution < 1.29 is 84.4 Å². The molecule has 0 aromatic heterocycles. The monoisotopic (exact) mass is 440 g/mol. The van der Waals surface area contributed by atoms with Gasteiger partial charge in [0.25, 0.3) is 0 Å². The Hall–Kier alpha value is -1.30. The van der Waals surface area contributed by atoms with E-state index in [1.165, 1.54) is 0 Å². The maximum atomic E-state index is 12.8. The molecule has 0 radical (unpaired) electrons. The van der Waals surface area contributed by atoms with E-state index in [0.29, 0.717) is 0 Å². The van der Waals surface area contributed by atoms with Gasteiger partial charge in [0.2, 0.25) is 0 Å². The minimum absolute atomic E-state index is 7.09. The van der Waals surface area contributed by atoms with Gasteiger partial charge in [0.15, 0.2) is 0 Å². The van der Waals surface area contributed by atoms with E-state index in [-0.39, 0.29) is 0 Å².